The van der Waals surface area contributed by atoms with E-state index in [2.05, 4.69) is 29.2 Å². The van der Waals surface area contributed by atoms with Crippen LogP contribution in [0.1, 0.15) is 29.4 Å². The predicted molar refractivity (Wildman–Crippen MR) is 82.0 cm³/mol. The van der Waals surface area contributed by atoms with Gasteiger partial charge < -0.3 is 5.32 Å². The van der Waals surface area contributed by atoms with Gasteiger partial charge in [0.15, 0.2) is 0 Å². The Kier molecular flexibility index (Phi) is 5.09. The van der Waals surface area contributed by atoms with Crippen molar-refractivity contribution in [1.29, 1.82) is 0 Å². The number of rotatable bonds is 6. The van der Waals surface area contributed by atoms with Gasteiger partial charge in [-0.2, -0.15) is 5.10 Å². The van der Waals surface area contributed by atoms with Crippen molar-refractivity contribution in [3.8, 4) is 0 Å². The Hall–Kier alpha value is -2.17. The van der Waals surface area contributed by atoms with Crippen molar-refractivity contribution in [3.63, 3.8) is 0 Å². The second kappa shape index (κ2) is 7.02. The fraction of sp³-hybridized carbons (Fsp3) is 0.438. The number of aromatic nitrogens is 3. The molecule has 0 radical (unpaired) electrons. The topological polar surface area (TPSA) is 59.8 Å². The van der Waals surface area contributed by atoms with Gasteiger partial charge in [0.1, 0.15) is 0 Å². The fourth-order valence-electron chi connectivity index (χ4n) is 2.52. The molecule has 0 atom stereocenters. The summed E-state index contributed by atoms with van der Waals surface area (Å²) in [6.07, 6.45) is 4.78. The van der Waals surface area contributed by atoms with E-state index < -0.39 is 0 Å². The molecule has 0 spiro atoms. The maximum atomic E-state index is 11.8. The number of hydrogen-bond donors (Lipinski definition) is 1. The number of carbonyl (C=O) groups excluding carboxylic acids is 1. The molecule has 1 amide bonds. The summed E-state index contributed by atoms with van der Waals surface area (Å²) in [6.45, 7) is 7.53. The Morgan fingerprint density at radius 2 is 2.19 bits per heavy atom. The lowest BCUT2D eigenvalue weighted by molar-refractivity contribution is -0.120. The molecular weight excluding hydrogens is 264 g/mol. The lowest BCUT2D eigenvalue weighted by atomic mass is 10.1. The monoisotopic (exact) mass is 286 g/mol. The highest BCUT2D eigenvalue weighted by atomic mass is 16.1. The van der Waals surface area contributed by atoms with E-state index in [1.54, 1.807) is 12.4 Å². The molecular formula is C16H22N4O. The second-order valence-corrected chi connectivity index (χ2v) is 5.11. The van der Waals surface area contributed by atoms with Crippen LogP contribution in [0.2, 0.25) is 0 Å². The quantitative estimate of drug-likeness (QED) is 0.881. The summed E-state index contributed by atoms with van der Waals surface area (Å²) in [4.78, 5) is 15.9. The van der Waals surface area contributed by atoms with Crippen LogP contribution in [0.5, 0.6) is 0 Å². The largest absolute Gasteiger partial charge is 0.354 e. The third-order valence-electron chi connectivity index (χ3n) is 3.62. The van der Waals surface area contributed by atoms with E-state index in [9.17, 15) is 4.79 Å². The zero-order chi connectivity index (χ0) is 15.2. The number of nitrogens with zero attached hydrogens (tertiary/aromatic N) is 3. The summed E-state index contributed by atoms with van der Waals surface area (Å²) < 4.78 is 1.97. The van der Waals surface area contributed by atoms with E-state index in [-0.39, 0.29) is 5.91 Å². The standard InChI is InChI=1S/C16H22N4O/c1-4-15-12(2)19-20(13(15)3)9-8-18-16(21)10-14-6-5-7-17-11-14/h5-7,11H,4,8-10H2,1-3H3,(H,18,21). The lowest BCUT2D eigenvalue weighted by Gasteiger charge is -2.07. The van der Waals surface area contributed by atoms with Gasteiger partial charge in [-0.1, -0.05) is 13.0 Å². The fourth-order valence-corrected chi connectivity index (χ4v) is 2.52. The van der Waals surface area contributed by atoms with E-state index in [1.807, 2.05) is 23.7 Å². The van der Waals surface area contributed by atoms with Crippen LogP contribution in [0.3, 0.4) is 0 Å². The van der Waals surface area contributed by atoms with Crippen molar-refractivity contribution in [1.82, 2.24) is 20.1 Å². The highest BCUT2D eigenvalue weighted by Gasteiger charge is 2.09. The SMILES string of the molecule is CCc1c(C)nn(CCNC(=O)Cc2cccnc2)c1C. The Labute approximate surface area is 125 Å². The Morgan fingerprint density at radius 1 is 1.38 bits per heavy atom. The third kappa shape index (κ3) is 3.90. The second-order valence-electron chi connectivity index (χ2n) is 5.11. The van der Waals surface area contributed by atoms with Gasteiger partial charge in [-0.05, 0) is 37.5 Å². The maximum absolute atomic E-state index is 11.8. The van der Waals surface area contributed by atoms with Crippen molar-refractivity contribution in [2.45, 2.75) is 40.2 Å². The molecule has 2 aromatic heterocycles. The minimum Gasteiger partial charge on any atom is -0.354 e. The molecule has 21 heavy (non-hydrogen) atoms. The van der Waals surface area contributed by atoms with Crippen LogP contribution in [0.25, 0.3) is 0 Å². The molecule has 112 valence electrons. The molecule has 5 heteroatoms. The highest BCUT2D eigenvalue weighted by molar-refractivity contribution is 5.78. The summed E-state index contributed by atoms with van der Waals surface area (Å²) >= 11 is 0. The minimum atomic E-state index is 0.0141. The van der Waals surface area contributed by atoms with Crippen LogP contribution in [0, 0.1) is 13.8 Å². The Bertz CT molecular complexity index is 604. The van der Waals surface area contributed by atoms with Gasteiger partial charge >= 0.3 is 0 Å². The van der Waals surface area contributed by atoms with Crippen molar-refractivity contribution in [2.24, 2.45) is 0 Å². The number of carbonyl (C=O) groups is 1. The Balaban J connectivity index is 1.83. The molecule has 2 aromatic rings. The lowest BCUT2D eigenvalue weighted by Crippen LogP contribution is -2.29. The zero-order valence-corrected chi connectivity index (χ0v) is 12.9. The van der Waals surface area contributed by atoms with E-state index in [1.165, 1.54) is 11.3 Å². The van der Waals surface area contributed by atoms with Crippen LogP contribution in [0.15, 0.2) is 24.5 Å². The van der Waals surface area contributed by atoms with Gasteiger partial charge in [0.05, 0.1) is 18.7 Å². The first-order valence-corrected chi connectivity index (χ1v) is 7.30. The number of amides is 1. The van der Waals surface area contributed by atoms with Crippen LogP contribution in [0.4, 0.5) is 0 Å². The first-order valence-electron chi connectivity index (χ1n) is 7.30. The van der Waals surface area contributed by atoms with Crippen molar-refractivity contribution < 1.29 is 4.79 Å². The smallest absolute Gasteiger partial charge is 0.224 e. The summed E-state index contributed by atoms with van der Waals surface area (Å²) in [7, 11) is 0. The van der Waals surface area contributed by atoms with E-state index in [0.29, 0.717) is 19.5 Å². The van der Waals surface area contributed by atoms with E-state index in [0.717, 1.165) is 17.7 Å². The van der Waals surface area contributed by atoms with Gasteiger partial charge in [0.2, 0.25) is 5.91 Å². The van der Waals surface area contributed by atoms with Crippen LogP contribution >= 0.6 is 0 Å². The van der Waals surface area contributed by atoms with Gasteiger partial charge in [0.25, 0.3) is 0 Å². The highest BCUT2D eigenvalue weighted by Crippen LogP contribution is 2.12. The minimum absolute atomic E-state index is 0.0141. The molecule has 1 N–H and O–H groups in total. The van der Waals surface area contributed by atoms with Crippen LogP contribution in [-0.2, 0) is 24.2 Å². The molecule has 0 fully saturated rings. The summed E-state index contributed by atoms with van der Waals surface area (Å²) in [5, 5.41) is 7.44. The first kappa shape index (κ1) is 15.2. The molecule has 2 rings (SSSR count). The number of nitrogens with one attached hydrogen (secondary N) is 1. The molecule has 0 saturated carbocycles. The molecule has 2 heterocycles. The summed E-state index contributed by atoms with van der Waals surface area (Å²) in [5.74, 6) is 0.0141. The molecule has 0 saturated heterocycles. The van der Waals surface area contributed by atoms with Crippen LogP contribution < -0.4 is 5.32 Å². The van der Waals surface area contributed by atoms with Crippen LogP contribution in [-0.4, -0.2) is 27.2 Å². The molecule has 0 aliphatic heterocycles. The molecule has 0 aliphatic rings. The van der Waals surface area contributed by atoms with E-state index >= 15 is 0 Å². The van der Waals surface area contributed by atoms with E-state index in [4.69, 9.17) is 0 Å². The average Bonchev–Trinajstić information content (AvgIpc) is 2.74. The number of hydrogen-bond acceptors (Lipinski definition) is 3. The molecule has 5 nitrogen and oxygen atoms in total. The Morgan fingerprint density at radius 3 is 2.81 bits per heavy atom. The summed E-state index contributed by atoms with van der Waals surface area (Å²) in [5.41, 5.74) is 4.50. The van der Waals surface area contributed by atoms with Gasteiger partial charge in [-0.15, -0.1) is 0 Å². The van der Waals surface area contributed by atoms with Gasteiger partial charge in [-0.3, -0.25) is 14.5 Å². The van der Waals surface area contributed by atoms with Gasteiger partial charge in [-0.25, -0.2) is 0 Å². The van der Waals surface area contributed by atoms with Crippen molar-refractivity contribution in [2.75, 3.05) is 6.54 Å². The molecule has 0 unspecified atom stereocenters. The zero-order valence-electron chi connectivity index (χ0n) is 12.9. The number of pyridine rings is 1. The normalized spacial score (nSPS) is 10.6. The van der Waals surface area contributed by atoms with Crippen molar-refractivity contribution >= 4 is 5.91 Å². The molecule has 0 aliphatic carbocycles. The van der Waals surface area contributed by atoms with Crippen molar-refractivity contribution in [3.05, 3.63) is 47.0 Å². The molecule has 0 bridgehead atoms. The summed E-state index contributed by atoms with van der Waals surface area (Å²) in [6, 6.07) is 3.74. The average molecular weight is 286 g/mol. The predicted octanol–water partition coefficient (Wildman–Crippen LogP) is 1.82. The van der Waals surface area contributed by atoms with Gasteiger partial charge in [0, 0.05) is 24.6 Å². The first-order chi connectivity index (χ1) is 10.1. The third-order valence-corrected chi connectivity index (χ3v) is 3.62. The number of aryl methyl sites for hydroxylation is 1. The molecule has 0 aromatic carbocycles. The maximum Gasteiger partial charge on any atom is 0.224 e.